The van der Waals surface area contributed by atoms with Crippen molar-refractivity contribution in [3.63, 3.8) is 0 Å². The summed E-state index contributed by atoms with van der Waals surface area (Å²) in [6.07, 6.45) is 0. The Morgan fingerprint density at radius 1 is 1.43 bits per heavy atom. The zero-order valence-electron chi connectivity index (χ0n) is 12.4. The number of hydrogen-bond acceptors (Lipinski definition) is 4. The third-order valence-electron chi connectivity index (χ3n) is 3.21. The molecular formula is C14H20FN3O3. The van der Waals surface area contributed by atoms with Gasteiger partial charge in [-0.3, -0.25) is 14.9 Å². The smallest absolute Gasteiger partial charge is 0.305 e. The van der Waals surface area contributed by atoms with E-state index >= 15 is 0 Å². The van der Waals surface area contributed by atoms with Gasteiger partial charge in [-0.2, -0.15) is 4.39 Å². The number of nitrogens with one attached hydrogen (secondary N) is 1. The van der Waals surface area contributed by atoms with Gasteiger partial charge in [0.05, 0.1) is 4.92 Å². The number of nitro benzene ring substituents is 1. The Labute approximate surface area is 123 Å². The van der Waals surface area contributed by atoms with Crippen LogP contribution in [0.25, 0.3) is 0 Å². The Morgan fingerprint density at radius 3 is 2.57 bits per heavy atom. The van der Waals surface area contributed by atoms with Crippen molar-refractivity contribution < 1.29 is 14.1 Å². The third kappa shape index (κ3) is 4.78. The summed E-state index contributed by atoms with van der Waals surface area (Å²) in [5.74, 6) is -1.40. The standard InChI is InChI=1S/C14H20FN3O3/c1-4-17(5-2)9-10(3)16-14(19)11-6-7-12(15)13(8-11)18(20)21/h6-8,10H,4-5,9H2,1-3H3,(H,16,19). The fourth-order valence-electron chi connectivity index (χ4n) is 2.02. The topological polar surface area (TPSA) is 75.5 Å². The molecule has 0 spiro atoms. The zero-order chi connectivity index (χ0) is 16.0. The van der Waals surface area contributed by atoms with Gasteiger partial charge >= 0.3 is 5.69 Å². The Balaban J connectivity index is 2.76. The molecule has 0 fully saturated rings. The van der Waals surface area contributed by atoms with Crippen molar-refractivity contribution in [1.82, 2.24) is 10.2 Å². The van der Waals surface area contributed by atoms with Crippen molar-refractivity contribution in [3.8, 4) is 0 Å². The summed E-state index contributed by atoms with van der Waals surface area (Å²) in [6.45, 7) is 8.34. The molecule has 1 atom stereocenters. The van der Waals surface area contributed by atoms with Crippen molar-refractivity contribution in [2.75, 3.05) is 19.6 Å². The normalized spacial score (nSPS) is 12.2. The number of nitro groups is 1. The van der Waals surface area contributed by atoms with E-state index in [2.05, 4.69) is 10.2 Å². The molecule has 0 saturated heterocycles. The van der Waals surface area contributed by atoms with Gasteiger partial charge in [0.25, 0.3) is 5.91 Å². The highest BCUT2D eigenvalue weighted by atomic mass is 19.1. The Hall–Kier alpha value is -2.02. The largest absolute Gasteiger partial charge is 0.348 e. The Morgan fingerprint density at radius 2 is 2.05 bits per heavy atom. The van der Waals surface area contributed by atoms with Gasteiger partial charge in [-0.15, -0.1) is 0 Å². The SMILES string of the molecule is CCN(CC)CC(C)NC(=O)c1ccc(F)c([N+](=O)[O-])c1. The molecule has 1 amide bonds. The van der Waals surface area contributed by atoms with Crippen molar-refractivity contribution >= 4 is 11.6 Å². The van der Waals surface area contributed by atoms with Crippen LogP contribution in [0, 0.1) is 15.9 Å². The highest BCUT2D eigenvalue weighted by Gasteiger charge is 2.18. The molecule has 0 saturated carbocycles. The monoisotopic (exact) mass is 297 g/mol. The van der Waals surface area contributed by atoms with Crippen molar-refractivity contribution in [2.45, 2.75) is 26.8 Å². The molecule has 1 rings (SSSR count). The van der Waals surface area contributed by atoms with E-state index in [0.29, 0.717) is 6.54 Å². The van der Waals surface area contributed by atoms with Gasteiger partial charge in [0.1, 0.15) is 0 Å². The number of benzene rings is 1. The highest BCUT2D eigenvalue weighted by molar-refractivity contribution is 5.95. The second kappa shape index (κ2) is 7.68. The van der Waals surface area contributed by atoms with Gasteiger partial charge < -0.3 is 10.2 Å². The molecule has 21 heavy (non-hydrogen) atoms. The summed E-state index contributed by atoms with van der Waals surface area (Å²) >= 11 is 0. The summed E-state index contributed by atoms with van der Waals surface area (Å²) in [5, 5.41) is 13.4. The van der Waals surface area contributed by atoms with E-state index in [1.165, 1.54) is 6.07 Å². The number of carbonyl (C=O) groups is 1. The molecule has 116 valence electrons. The maximum atomic E-state index is 13.2. The third-order valence-corrected chi connectivity index (χ3v) is 3.21. The first-order valence-corrected chi connectivity index (χ1v) is 6.86. The predicted molar refractivity (Wildman–Crippen MR) is 77.8 cm³/mol. The molecule has 0 aliphatic heterocycles. The molecule has 0 heterocycles. The van der Waals surface area contributed by atoms with E-state index in [-0.39, 0.29) is 11.6 Å². The molecule has 7 heteroatoms. The lowest BCUT2D eigenvalue weighted by Crippen LogP contribution is -2.41. The van der Waals surface area contributed by atoms with Crippen LogP contribution in [0.3, 0.4) is 0 Å². The molecule has 0 aliphatic rings. The quantitative estimate of drug-likeness (QED) is 0.618. The van der Waals surface area contributed by atoms with E-state index in [1.807, 2.05) is 20.8 Å². The van der Waals surface area contributed by atoms with Crippen LogP contribution in [0.1, 0.15) is 31.1 Å². The minimum absolute atomic E-state index is 0.0782. The van der Waals surface area contributed by atoms with Crippen molar-refractivity contribution in [1.29, 1.82) is 0 Å². The zero-order valence-corrected chi connectivity index (χ0v) is 12.4. The lowest BCUT2D eigenvalue weighted by Gasteiger charge is -2.23. The van der Waals surface area contributed by atoms with Crippen LogP contribution < -0.4 is 5.32 Å². The fraction of sp³-hybridized carbons (Fsp3) is 0.500. The van der Waals surface area contributed by atoms with E-state index in [9.17, 15) is 19.3 Å². The van der Waals surface area contributed by atoms with Crippen LogP contribution >= 0.6 is 0 Å². The molecule has 1 N–H and O–H groups in total. The summed E-state index contributed by atoms with van der Waals surface area (Å²) in [6, 6.07) is 3.01. The summed E-state index contributed by atoms with van der Waals surface area (Å²) < 4.78 is 13.2. The number of rotatable bonds is 7. The van der Waals surface area contributed by atoms with E-state index < -0.39 is 22.3 Å². The molecule has 0 bridgehead atoms. The first kappa shape index (κ1) is 17.0. The molecule has 1 unspecified atom stereocenters. The van der Waals surface area contributed by atoms with Gasteiger partial charge in [0.15, 0.2) is 0 Å². The van der Waals surface area contributed by atoms with Crippen molar-refractivity contribution in [3.05, 3.63) is 39.7 Å². The van der Waals surface area contributed by atoms with Gasteiger partial charge in [-0.05, 0) is 32.1 Å². The summed E-state index contributed by atoms with van der Waals surface area (Å²) in [5.41, 5.74) is -0.617. The molecule has 0 radical (unpaired) electrons. The number of halogens is 1. The van der Waals surface area contributed by atoms with Crippen molar-refractivity contribution in [2.24, 2.45) is 0 Å². The molecular weight excluding hydrogens is 277 g/mol. The Kier molecular flexibility index (Phi) is 6.23. The summed E-state index contributed by atoms with van der Waals surface area (Å²) in [4.78, 5) is 24.0. The van der Waals surface area contributed by atoms with Crippen LogP contribution in [0.4, 0.5) is 10.1 Å². The molecule has 6 nitrogen and oxygen atoms in total. The lowest BCUT2D eigenvalue weighted by molar-refractivity contribution is -0.387. The minimum atomic E-state index is -0.951. The first-order chi connectivity index (χ1) is 9.88. The van der Waals surface area contributed by atoms with Crippen LogP contribution in [0.2, 0.25) is 0 Å². The van der Waals surface area contributed by atoms with Gasteiger partial charge in [-0.1, -0.05) is 13.8 Å². The lowest BCUT2D eigenvalue weighted by atomic mass is 10.1. The van der Waals surface area contributed by atoms with Crippen LogP contribution in [0.5, 0.6) is 0 Å². The van der Waals surface area contributed by atoms with Crippen LogP contribution in [-0.4, -0.2) is 41.4 Å². The number of nitrogens with zero attached hydrogens (tertiary/aromatic N) is 2. The second-order valence-corrected chi connectivity index (χ2v) is 4.78. The van der Waals surface area contributed by atoms with Crippen LogP contribution in [0.15, 0.2) is 18.2 Å². The van der Waals surface area contributed by atoms with Gasteiger partial charge in [0, 0.05) is 24.2 Å². The van der Waals surface area contributed by atoms with E-state index in [4.69, 9.17) is 0 Å². The fourth-order valence-corrected chi connectivity index (χ4v) is 2.02. The van der Waals surface area contributed by atoms with E-state index in [1.54, 1.807) is 0 Å². The minimum Gasteiger partial charge on any atom is -0.348 e. The second-order valence-electron chi connectivity index (χ2n) is 4.78. The maximum Gasteiger partial charge on any atom is 0.305 e. The average Bonchev–Trinajstić information content (AvgIpc) is 2.44. The van der Waals surface area contributed by atoms with Crippen LogP contribution in [-0.2, 0) is 0 Å². The highest BCUT2D eigenvalue weighted by Crippen LogP contribution is 2.18. The summed E-state index contributed by atoms with van der Waals surface area (Å²) in [7, 11) is 0. The molecule has 0 aromatic heterocycles. The molecule has 1 aromatic rings. The number of likely N-dealkylation sites (N-methyl/N-ethyl adjacent to an activating group) is 1. The first-order valence-electron chi connectivity index (χ1n) is 6.86. The molecule has 0 aliphatic carbocycles. The maximum absolute atomic E-state index is 13.2. The average molecular weight is 297 g/mol. The van der Waals surface area contributed by atoms with Gasteiger partial charge in [0.2, 0.25) is 5.82 Å². The number of amides is 1. The molecule has 1 aromatic carbocycles. The Bertz CT molecular complexity index is 518. The number of carbonyl (C=O) groups excluding carboxylic acids is 1. The number of hydrogen-bond donors (Lipinski definition) is 1. The predicted octanol–water partition coefficient (Wildman–Crippen LogP) is 2.19. The van der Waals surface area contributed by atoms with E-state index in [0.717, 1.165) is 25.2 Å². The van der Waals surface area contributed by atoms with Gasteiger partial charge in [-0.25, -0.2) is 0 Å².